The molecule has 1 aliphatic heterocycles. The summed E-state index contributed by atoms with van der Waals surface area (Å²) < 4.78 is 13.1. The molecular formula is C13H14FN3O2. The highest BCUT2D eigenvalue weighted by atomic mass is 19.1. The van der Waals surface area contributed by atoms with Gasteiger partial charge in [0.25, 0.3) is 5.91 Å². The monoisotopic (exact) mass is 263 g/mol. The Morgan fingerprint density at radius 1 is 1.53 bits per heavy atom. The van der Waals surface area contributed by atoms with Crippen LogP contribution in [-0.2, 0) is 16.1 Å². The maximum Gasteiger partial charge on any atom is 0.271 e. The van der Waals surface area contributed by atoms with E-state index in [0.29, 0.717) is 11.3 Å². The van der Waals surface area contributed by atoms with E-state index in [1.165, 1.54) is 24.1 Å². The lowest BCUT2D eigenvalue weighted by atomic mass is 10.2. The number of carbonyl (C=O) groups is 2. The molecule has 6 heteroatoms. The SMILES string of the molecule is CC(=O)NC1C(=O)N(Cc2cccc(F)c2)N=C1C. The van der Waals surface area contributed by atoms with Crippen LogP contribution in [-0.4, -0.2) is 28.6 Å². The van der Waals surface area contributed by atoms with Gasteiger partial charge in [-0.25, -0.2) is 9.40 Å². The van der Waals surface area contributed by atoms with Crippen LogP contribution in [0.2, 0.25) is 0 Å². The first-order valence-electron chi connectivity index (χ1n) is 5.85. The molecule has 1 atom stereocenters. The van der Waals surface area contributed by atoms with E-state index in [0.717, 1.165) is 0 Å². The second-order valence-electron chi connectivity index (χ2n) is 4.40. The number of benzene rings is 1. The van der Waals surface area contributed by atoms with Crippen LogP contribution in [0.3, 0.4) is 0 Å². The van der Waals surface area contributed by atoms with E-state index >= 15 is 0 Å². The zero-order chi connectivity index (χ0) is 14.0. The zero-order valence-electron chi connectivity index (χ0n) is 10.7. The Bertz CT molecular complexity index is 557. The molecule has 100 valence electrons. The number of halogens is 1. The Morgan fingerprint density at radius 3 is 2.89 bits per heavy atom. The molecule has 19 heavy (non-hydrogen) atoms. The Kier molecular flexibility index (Phi) is 3.59. The normalized spacial score (nSPS) is 18.5. The van der Waals surface area contributed by atoms with E-state index in [-0.39, 0.29) is 24.2 Å². The molecule has 2 amide bonds. The van der Waals surface area contributed by atoms with E-state index < -0.39 is 6.04 Å². The predicted octanol–water partition coefficient (Wildman–Crippen LogP) is 1.05. The predicted molar refractivity (Wildman–Crippen MR) is 67.7 cm³/mol. The number of nitrogens with zero attached hydrogens (tertiary/aromatic N) is 2. The van der Waals surface area contributed by atoms with Crippen molar-refractivity contribution in [2.75, 3.05) is 0 Å². The van der Waals surface area contributed by atoms with Crippen molar-refractivity contribution in [3.8, 4) is 0 Å². The lowest BCUT2D eigenvalue weighted by Gasteiger charge is -2.14. The van der Waals surface area contributed by atoms with Gasteiger partial charge in [-0.2, -0.15) is 5.10 Å². The van der Waals surface area contributed by atoms with Gasteiger partial charge < -0.3 is 5.32 Å². The Morgan fingerprint density at radius 2 is 2.26 bits per heavy atom. The van der Waals surface area contributed by atoms with Crippen molar-refractivity contribution in [3.63, 3.8) is 0 Å². The zero-order valence-corrected chi connectivity index (χ0v) is 10.7. The average Bonchev–Trinajstić information content (AvgIpc) is 2.57. The third kappa shape index (κ3) is 2.96. The first-order chi connectivity index (χ1) is 8.97. The standard InChI is InChI=1S/C13H14FN3O2/c1-8-12(15-9(2)18)13(19)17(16-8)7-10-4-3-5-11(14)6-10/h3-6,12H,7H2,1-2H3,(H,15,18). The summed E-state index contributed by atoms with van der Waals surface area (Å²) in [5.74, 6) is -0.958. The molecule has 0 spiro atoms. The summed E-state index contributed by atoms with van der Waals surface area (Å²) in [6.07, 6.45) is 0. The van der Waals surface area contributed by atoms with Gasteiger partial charge in [-0.15, -0.1) is 0 Å². The molecule has 1 unspecified atom stereocenters. The molecule has 1 aliphatic rings. The summed E-state index contributed by atoms with van der Waals surface area (Å²) in [6.45, 7) is 3.20. The molecule has 0 bridgehead atoms. The number of hydrazone groups is 1. The van der Waals surface area contributed by atoms with Gasteiger partial charge in [-0.05, 0) is 24.6 Å². The minimum atomic E-state index is -0.717. The molecule has 1 aromatic carbocycles. The summed E-state index contributed by atoms with van der Waals surface area (Å²) in [5.41, 5.74) is 1.17. The maximum atomic E-state index is 13.1. The molecule has 0 saturated carbocycles. The first kappa shape index (κ1) is 13.2. The average molecular weight is 263 g/mol. The molecule has 0 fully saturated rings. The fourth-order valence-electron chi connectivity index (χ4n) is 1.92. The highest BCUT2D eigenvalue weighted by Crippen LogP contribution is 2.14. The lowest BCUT2D eigenvalue weighted by molar-refractivity contribution is -0.133. The van der Waals surface area contributed by atoms with Gasteiger partial charge in [0.05, 0.1) is 12.3 Å². The quantitative estimate of drug-likeness (QED) is 0.886. The van der Waals surface area contributed by atoms with Crippen LogP contribution in [0.25, 0.3) is 0 Å². The van der Waals surface area contributed by atoms with Crippen molar-refractivity contribution in [1.29, 1.82) is 0 Å². The van der Waals surface area contributed by atoms with Crippen molar-refractivity contribution >= 4 is 17.5 Å². The van der Waals surface area contributed by atoms with E-state index in [1.807, 2.05) is 0 Å². The molecule has 1 aromatic rings. The molecule has 0 aliphatic carbocycles. The summed E-state index contributed by atoms with van der Waals surface area (Å²) in [6, 6.07) is 5.26. The number of hydrogen-bond donors (Lipinski definition) is 1. The molecule has 5 nitrogen and oxygen atoms in total. The largest absolute Gasteiger partial charge is 0.340 e. The summed E-state index contributed by atoms with van der Waals surface area (Å²) in [7, 11) is 0. The van der Waals surface area contributed by atoms with Crippen molar-refractivity contribution in [2.45, 2.75) is 26.4 Å². The van der Waals surface area contributed by atoms with Gasteiger partial charge >= 0.3 is 0 Å². The van der Waals surface area contributed by atoms with Crippen LogP contribution in [0.15, 0.2) is 29.4 Å². The molecule has 0 radical (unpaired) electrons. The van der Waals surface area contributed by atoms with Crippen LogP contribution in [0, 0.1) is 5.82 Å². The van der Waals surface area contributed by atoms with Gasteiger partial charge in [-0.1, -0.05) is 12.1 Å². The van der Waals surface area contributed by atoms with Crippen molar-refractivity contribution in [2.24, 2.45) is 5.10 Å². The van der Waals surface area contributed by atoms with E-state index in [2.05, 4.69) is 10.4 Å². The number of carbonyl (C=O) groups excluding carboxylic acids is 2. The molecule has 0 saturated heterocycles. The van der Waals surface area contributed by atoms with Gasteiger partial charge in [0.1, 0.15) is 11.9 Å². The molecule has 1 heterocycles. The van der Waals surface area contributed by atoms with Crippen LogP contribution in [0.5, 0.6) is 0 Å². The second kappa shape index (κ2) is 5.17. The third-order valence-electron chi connectivity index (χ3n) is 2.77. The number of rotatable bonds is 3. The Balaban J connectivity index is 2.11. The highest BCUT2D eigenvalue weighted by Gasteiger charge is 2.33. The van der Waals surface area contributed by atoms with E-state index in [9.17, 15) is 14.0 Å². The Labute approximate surface area is 110 Å². The Hall–Kier alpha value is -2.24. The number of nitrogens with one attached hydrogen (secondary N) is 1. The fourth-order valence-corrected chi connectivity index (χ4v) is 1.92. The molecule has 0 aromatic heterocycles. The smallest absolute Gasteiger partial charge is 0.271 e. The van der Waals surface area contributed by atoms with Crippen LogP contribution in [0.4, 0.5) is 4.39 Å². The minimum absolute atomic E-state index is 0.185. The van der Waals surface area contributed by atoms with Crippen molar-refractivity contribution in [3.05, 3.63) is 35.6 Å². The fraction of sp³-hybridized carbons (Fsp3) is 0.308. The highest BCUT2D eigenvalue weighted by molar-refractivity contribution is 6.12. The van der Waals surface area contributed by atoms with Crippen LogP contribution < -0.4 is 5.32 Å². The van der Waals surface area contributed by atoms with Gasteiger partial charge in [0.2, 0.25) is 5.91 Å². The van der Waals surface area contributed by atoms with Gasteiger partial charge in [0, 0.05) is 6.92 Å². The number of amides is 2. The summed E-state index contributed by atoms with van der Waals surface area (Å²) >= 11 is 0. The van der Waals surface area contributed by atoms with E-state index in [4.69, 9.17) is 0 Å². The van der Waals surface area contributed by atoms with Gasteiger partial charge in [0.15, 0.2) is 0 Å². The minimum Gasteiger partial charge on any atom is -0.340 e. The summed E-state index contributed by atoms with van der Waals surface area (Å²) in [4.78, 5) is 23.1. The van der Waals surface area contributed by atoms with Crippen LogP contribution >= 0.6 is 0 Å². The van der Waals surface area contributed by atoms with Crippen molar-refractivity contribution in [1.82, 2.24) is 10.3 Å². The molecular weight excluding hydrogens is 249 g/mol. The van der Waals surface area contributed by atoms with Crippen LogP contribution in [0.1, 0.15) is 19.4 Å². The first-order valence-corrected chi connectivity index (χ1v) is 5.85. The molecule has 2 rings (SSSR count). The topological polar surface area (TPSA) is 61.8 Å². The molecule has 1 N–H and O–H groups in total. The van der Waals surface area contributed by atoms with Crippen molar-refractivity contribution < 1.29 is 14.0 Å². The lowest BCUT2D eigenvalue weighted by Crippen LogP contribution is -2.44. The van der Waals surface area contributed by atoms with E-state index in [1.54, 1.807) is 19.1 Å². The maximum absolute atomic E-state index is 13.1. The van der Waals surface area contributed by atoms with Gasteiger partial charge in [-0.3, -0.25) is 9.59 Å². The summed E-state index contributed by atoms with van der Waals surface area (Å²) in [5, 5.41) is 7.87. The number of hydrogen-bond acceptors (Lipinski definition) is 3. The third-order valence-corrected chi connectivity index (χ3v) is 2.77. The second-order valence-corrected chi connectivity index (χ2v) is 4.40.